The van der Waals surface area contributed by atoms with Gasteiger partial charge in [0.05, 0.1) is 0 Å². The number of hydrogen-bond donors (Lipinski definition) is 1. The molecule has 24 heavy (non-hydrogen) atoms. The first-order valence-corrected chi connectivity index (χ1v) is 9.31. The molecule has 1 N–H and O–H groups in total. The molecule has 0 spiro atoms. The van der Waals surface area contributed by atoms with Gasteiger partial charge in [-0.05, 0) is 31.5 Å². The van der Waals surface area contributed by atoms with Crippen molar-refractivity contribution in [1.29, 1.82) is 0 Å². The summed E-state index contributed by atoms with van der Waals surface area (Å²) in [7, 11) is 1.89. The molecule has 1 aromatic rings. The summed E-state index contributed by atoms with van der Waals surface area (Å²) in [6.45, 7) is 9.65. The highest BCUT2D eigenvalue weighted by Crippen LogP contribution is 2.25. The first-order valence-electron chi connectivity index (χ1n) is 9.31. The number of hydrogen-bond acceptors (Lipinski definition) is 3. The third-order valence-electron chi connectivity index (χ3n) is 5.06. The molecule has 0 amide bonds. The predicted octanol–water partition coefficient (Wildman–Crippen LogP) is 1.87. The molecule has 1 saturated heterocycles. The van der Waals surface area contributed by atoms with Gasteiger partial charge < -0.3 is 15.1 Å². The molecule has 2 aliphatic rings. The van der Waals surface area contributed by atoms with Crippen LogP contribution in [0.1, 0.15) is 19.8 Å². The van der Waals surface area contributed by atoms with Crippen LogP contribution in [0.5, 0.6) is 0 Å². The van der Waals surface area contributed by atoms with Gasteiger partial charge in [-0.25, -0.2) is 0 Å². The fourth-order valence-electron chi connectivity index (χ4n) is 3.50. The molecule has 0 atom stereocenters. The molecule has 0 unspecified atom stereocenters. The Kier molecular flexibility index (Phi) is 5.96. The smallest absolute Gasteiger partial charge is 0.193 e. The number of rotatable bonds is 6. The molecule has 132 valence electrons. The summed E-state index contributed by atoms with van der Waals surface area (Å²) in [5.41, 5.74) is 1.32. The van der Waals surface area contributed by atoms with E-state index >= 15 is 0 Å². The van der Waals surface area contributed by atoms with Crippen LogP contribution in [0.3, 0.4) is 0 Å². The lowest BCUT2D eigenvalue weighted by atomic mass is 10.2. The average molecular weight is 329 g/mol. The number of likely N-dealkylation sites (N-methyl/N-ethyl adjacent to an activating group) is 1. The van der Waals surface area contributed by atoms with E-state index in [-0.39, 0.29) is 0 Å². The summed E-state index contributed by atoms with van der Waals surface area (Å²) in [5, 5.41) is 3.56. The van der Waals surface area contributed by atoms with Crippen LogP contribution in [0.25, 0.3) is 0 Å². The van der Waals surface area contributed by atoms with E-state index < -0.39 is 0 Å². The predicted molar refractivity (Wildman–Crippen MR) is 102 cm³/mol. The molecule has 0 aromatic heterocycles. The largest absolute Gasteiger partial charge is 0.368 e. The van der Waals surface area contributed by atoms with Crippen molar-refractivity contribution >= 4 is 11.6 Å². The number of nitrogens with zero attached hydrogens (tertiary/aromatic N) is 4. The van der Waals surface area contributed by atoms with Crippen LogP contribution in [0.4, 0.5) is 5.69 Å². The summed E-state index contributed by atoms with van der Waals surface area (Å²) in [6, 6.07) is 11.5. The van der Waals surface area contributed by atoms with Crippen molar-refractivity contribution in [2.24, 2.45) is 4.99 Å². The third-order valence-corrected chi connectivity index (χ3v) is 5.06. The van der Waals surface area contributed by atoms with Gasteiger partial charge in [-0.2, -0.15) is 0 Å². The molecule has 5 heteroatoms. The van der Waals surface area contributed by atoms with Crippen molar-refractivity contribution in [3.63, 3.8) is 0 Å². The van der Waals surface area contributed by atoms with Gasteiger partial charge in [-0.15, -0.1) is 0 Å². The standard InChI is InChI=1S/C19H31N5/c1-3-22(18-9-10-18)12-11-21-19(20-2)24-15-13-23(14-16-24)17-7-5-4-6-8-17/h4-8,18H,3,9-16H2,1-2H3,(H,20,21). The Morgan fingerprint density at radius 2 is 1.88 bits per heavy atom. The highest BCUT2D eigenvalue weighted by Gasteiger charge is 2.27. The lowest BCUT2D eigenvalue weighted by Gasteiger charge is -2.37. The van der Waals surface area contributed by atoms with E-state index in [2.05, 4.69) is 62.3 Å². The number of aliphatic imine (C=N–C) groups is 1. The van der Waals surface area contributed by atoms with Gasteiger partial charge in [0.25, 0.3) is 0 Å². The lowest BCUT2D eigenvalue weighted by molar-refractivity contribution is 0.279. The maximum absolute atomic E-state index is 4.49. The maximum Gasteiger partial charge on any atom is 0.193 e. The minimum absolute atomic E-state index is 0.841. The van der Waals surface area contributed by atoms with Crippen LogP contribution in [0, 0.1) is 0 Å². The van der Waals surface area contributed by atoms with Crippen LogP contribution in [-0.2, 0) is 0 Å². The molecular weight excluding hydrogens is 298 g/mol. The number of nitrogens with one attached hydrogen (secondary N) is 1. The van der Waals surface area contributed by atoms with E-state index in [1.807, 2.05) is 7.05 Å². The zero-order valence-electron chi connectivity index (χ0n) is 15.1. The van der Waals surface area contributed by atoms with Gasteiger partial charge in [-0.1, -0.05) is 25.1 Å². The van der Waals surface area contributed by atoms with Crippen molar-refractivity contribution in [2.75, 3.05) is 57.8 Å². The molecule has 0 bridgehead atoms. The Bertz CT molecular complexity index is 518. The number of benzene rings is 1. The van der Waals surface area contributed by atoms with Gasteiger partial charge in [0.2, 0.25) is 0 Å². The third kappa shape index (κ3) is 4.41. The van der Waals surface area contributed by atoms with Crippen molar-refractivity contribution in [3.05, 3.63) is 30.3 Å². The number of guanidine groups is 1. The van der Waals surface area contributed by atoms with Gasteiger partial charge in [0, 0.05) is 58.0 Å². The Hall–Kier alpha value is -1.75. The number of anilines is 1. The van der Waals surface area contributed by atoms with Crippen molar-refractivity contribution < 1.29 is 0 Å². The molecule has 1 saturated carbocycles. The van der Waals surface area contributed by atoms with Gasteiger partial charge in [0.15, 0.2) is 5.96 Å². The Morgan fingerprint density at radius 3 is 2.46 bits per heavy atom. The normalized spacial score (nSPS) is 19.0. The maximum atomic E-state index is 4.49. The van der Waals surface area contributed by atoms with Gasteiger partial charge in [-0.3, -0.25) is 9.89 Å². The van der Waals surface area contributed by atoms with Crippen molar-refractivity contribution in [2.45, 2.75) is 25.8 Å². The SMILES string of the molecule is CCN(CCNC(=NC)N1CCN(c2ccccc2)CC1)C1CC1. The van der Waals surface area contributed by atoms with E-state index in [1.54, 1.807) is 0 Å². The molecule has 1 aliphatic heterocycles. The minimum atomic E-state index is 0.841. The minimum Gasteiger partial charge on any atom is -0.368 e. The molecular formula is C19H31N5. The number of piperazine rings is 1. The Labute approximate surface area is 146 Å². The highest BCUT2D eigenvalue weighted by molar-refractivity contribution is 5.80. The number of para-hydroxylation sites is 1. The van der Waals surface area contributed by atoms with Crippen LogP contribution in [-0.4, -0.2) is 74.7 Å². The van der Waals surface area contributed by atoms with Crippen molar-refractivity contribution in [1.82, 2.24) is 15.1 Å². The molecule has 1 heterocycles. The van der Waals surface area contributed by atoms with E-state index in [0.717, 1.165) is 57.8 Å². The first-order chi connectivity index (χ1) is 11.8. The molecule has 2 fully saturated rings. The zero-order chi connectivity index (χ0) is 16.8. The topological polar surface area (TPSA) is 34.1 Å². The summed E-state index contributed by atoms with van der Waals surface area (Å²) < 4.78 is 0. The highest BCUT2D eigenvalue weighted by atomic mass is 15.3. The second kappa shape index (κ2) is 8.38. The zero-order valence-corrected chi connectivity index (χ0v) is 15.1. The summed E-state index contributed by atoms with van der Waals surface area (Å²) >= 11 is 0. The molecule has 1 aliphatic carbocycles. The summed E-state index contributed by atoms with van der Waals surface area (Å²) in [5.74, 6) is 1.05. The summed E-state index contributed by atoms with van der Waals surface area (Å²) in [4.78, 5) is 11.9. The van der Waals surface area contributed by atoms with E-state index in [0.29, 0.717) is 0 Å². The first kappa shape index (κ1) is 17.1. The van der Waals surface area contributed by atoms with Crippen molar-refractivity contribution in [3.8, 4) is 0 Å². The second-order valence-electron chi connectivity index (χ2n) is 6.64. The fraction of sp³-hybridized carbons (Fsp3) is 0.632. The second-order valence-corrected chi connectivity index (χ2v) is 6.64. The van der Waals surface area contributed by atoms with Crippen LogP contribution in [0.2, 0.25) is 0 Å². The molecule has 0 radical (unpaired) electrons. The van der Waals surface area contributed by atoms with E-state index in [9.17, 15) is 0 Å². The van der Waals surface area contributed by atoms with Gasteiger partial charge >= 0.3 is 0 Å². The average Bonchev–Trinajstić information content (AvgIpc) is 3.48. The quantitative estimate of drug-likeness (QED) is 0.638. The Balaban J connectivity index is 1.43. The molecule has 1 aromatic carbocycles. The molecule has 5 nitrogen and oxygen atoms in total. The van der Waals surface area contributed by atoms with Gasteiger partial charge in [0.1, 0.15) is 0 Å². The fourth-order valence-corrected chi connectivity index (χ4v) is 3.50. The lowest BCUT2D eigenvalue weighted by Crippen LogP contribution is -2.53. The molecule has 3 rings (SSSR count). The van der Waals surface area contributed by atoms with Crippen LogP contribution >= 0.6 is 0 Å². The van der Waals surface area contributed by atoms with Crippen LogP contribution in [0.15, 0.2) is 35.3 Å². The Morgan fingerprint density at radius 1 is 1.17 bits per heavy atom. The van der Waals surface area contributed by atoms with E-state index in [4.69, 9.17) is 0 Å². The van der Waals surface area contributed by atoms with Crippen LogP contribution < -0.4 is 10.2 Å². The summed E-state index contributed by atoms with van der Waals surface area (Å²) in [6.07, 6.45) is 2.76. The van der Waals surface area contributed by atoms with E-state index in [1.165, 1.54) is 18.5 Å². The monoisotopic (exact) mass is 329 g/mol.